The standard InChI is InChI=1S/3C3H10Si.BH3O2/c3*1-4(2)3;2-1-3/h3*4H,1-3H3;1-3H. The van der Waals surface area contributed by atoms with E-state index in [0.29, 0.717) is 0 Å². The predicted molar refractivity (Wildman–Crippen MR) is 85.8 cm³/mol. The second kappa shape index (κ2) is 24.1. The third kappa shape index (κ3) is 5780. The highest BCUT2D eigenvalue weighted by atomic mass is 28.3. The van der Waals surface area contributed by atoms with E-state index in [1.54, 1.807) is 0 Å². The van der Waals surface area contributed by atoms with Crippen LogP contribution < -0.4 is 0 Å². The maximum Gasteiger partial charge on any atom is 0.432 e. The van der Waals surface area contributed by atoms with Gasteiger partial charge in [0.1, 0.15) is 0 Å². The van der Waals surface area contributed by atoms with E-state index in [1.807, 2.05) is 0 Å². The maximum absolute atomic E-state index is 7.12. The van der Waals surface area contributed by atoms with E-state index in [-0.39, 0.29) is 26.4 Å². The monoisotopic (exact) mass is 268 g/mol. The molecule has 0 aliphatic rings. The number of rotatable bonds is 0. The molecule has 0 rings (SSSR count). The molecule has 0 aliphatic heterocycles. The van der Waals surface area contributed by atoms with E-state index in [2.05, 4.69) is 58.9 Å². The Labute approximate surface area is 103 Å². The number of hydrogen-bond acceptors (Lipinski definition) is 2. The Bertz CT molecular complexity index is 61.2. The molecule has 0 aromatic heterocycles. The van der Waals surface area contributed by atoms with Crippen LogP contribution in [0.15, 0.2) is 0 Å². The third-order valence-electron chi connectivity index (χ3n) is 0. The lowest BCUT2D eigenvalue weighted by molar-refractivity contribution is 0.448. The highest BCUT2D eigenvalue weighted by molar-refractivity contribution is 6.54. The second-order valence-corrected chi connectivity index (χ2v) is 15.7. The van der Waals surface area contributed by atoms with Crippen molar-refractivity contribution in [3.63, 3.8) is 0 Å². The van der Waals surface area contributed by atoms with Crippen LogP contribution in [0, 0.1) is 0 Å². The van der Waals surface area contributed by atoms with Gasteiger partial charge in [0, 0.05) is 26.4 Å². The van der Waals surface area contributed by atoms with Crippen molar-refractivity contribution in [3.8, 4) is 0 Å². The fourth-order valence-electron chi connectivity index (χ4n) is 0. The van der Waals surface area contributed by atoms with Gasteiger partial charge >= 0.3 is 7.69 Å². The van der Waals surface area contributed by atoms with Crippen LogP contribution in [0.4, 0.5) is 0 Å². The smallest absolute Gasteiger partial charge is 0.430 e. The highest BCUT2D eigenvalue weighted by Gasteiger charge is 1.72. The molecule has 15 heavy (non-hydrogen) atoms. The van der Waals surface area contributed by atoms with E-state index in [0.717, 1.165) is 0 Å². The summed E-state index contributed by atoms with van der Waals surface area (Å²) in [6.45, 7) is 20.8. The average Bonchev–Trinajstić information content (AvgIpc) is 1.81. The minimum Gasteiger partial charge on any atom is -0.430 e. The van der Waals surface area contributed by atoms with Gasteiger partial charge in [0.2, 0.25) is 0 Å². The molecule has 2 nitrogen and oxygen atoms in total. The minimum atomic E-state index is -0.750. The zero-order valence-electron chi connectivity index (χ0n) is 12.3. The summed E-state index contributed by atoms with van der Waals surface area (Å²) >= 11 is 0. The van der Waals surface area contributed by atoms with Crippen LogP contribution in [0.3, 0.4) is 0 Å². The highest BCUT2D eigenvalue weighted by Crippen LogP contribution is 1.68. The van der Waals surface area contributed by atoms with Gasteiger partial charge < -0.3 is 10.0 Å². The van der Waals surface area contributed by atoms with Gasteiger partial charge in [0.15, 0.2) is 0 Å². The topological polar surface area (TPSA) is 40.5 Å². The van der Waals surface area contributed by atoms with Gasteiger partial charge in [-0.05, 0) is 0 Å². The largest absolute Gasteiger partial charge is 0.432 e. The first-order valence-corrected chi connectivity index (χ1v) is 16.2. The molecule has 0 spiro atoms. The van der Waals surface area contributed by atoms with Gasteiger partial charge in [-0.3, -0.25) is 0 Å². The SMILES string of the molecule is C[SiH](C)C.C[SiH](C)C.C[SiH](C)C.OBO. The van der Waals surface area contributed by atoms with Crippen molar-refractivity contribution in [1.29, 1.82) is 0 Å². The quantitative estimate of drug-likeness (QED) is 0.654. The van der Waals surface area contributed by atoms with Crippen LogP contribution in [-0.4, -0.2) is 44.1 Å². The van der Waals surface area contributed by atoms with Crippen LogP contribution in [0.2, 0.25) is 58.9 Å². The van der Waals surface area contributed by atoms with Gasteiger partial charge in [-0.15, -0.1) is 0 Å². The third-order valence-corrected chi connectivity index (χ3v) is 0. The Morgan fingerprint density at radius 1 is 0.533 bits per heavy atom. The summed E-state index contributed by atoms with van der Waals surface area (Å²) in [5, 5.41) is 14.2. The molecule has 0 aliphatic carbocycles. The normalized spacial score (nSPS) is 8.13. The van der Waals surface area contributed by atoms with Gasteiger partial charge in [-0.1, -0.05) is 58.9 Å². The molecule has 0 atom stereocenters. The van der Waals surface area contributed by atoms with Gasteiger partial charge in [-0.25, -0.2) is 0 Å². The molecule has 0 aromatic rings. The summed E-state index contributed by atoms with van der Waals surface area (Å²) in [4.78, 5) is 0. The van der Waals surface area contributed by atoms with E-state index in [9.17, 15) is 0 Å². The summed E-state index contributed by atoms with van der Waals surface area (Å²) < 4.78 is 0. The molecule has 0 radical (unpaired) electrons. The van der Waals surface area contributed by atoms with Crippen molar-refractivity contribution >= 4 is 34.1 Å². The van der Waals surface area contributed by atoms with Gasteiger partial charge in [0.05, 0.1) is 0 Å². The molecule has 0 bridgehead atoms. The summed E-state index contributed by atoms with van der Waals surface area (Å²) in [5.74, 6) is 0. The lowest BCUT2D eigenvalue weighted by Gasteiger charge is -1.75. The van der Waals surface area contributed by atoms with Crippen molar-refractivity contribution in [1.82, 2.24) is 0 Å². The van der Waals surface area contributed by atoms with E-state index in [1.165, 1.54) is 0 Å². The van der Waals surface area contributed by atoms with Crippen molar-refractivity contribution in [2.45, 2.75) is 58.9 Å². The molecule has 0 heterocycles. The lowest BCUT2D eigenvalue weighted by Crippen LogP contribution is -1.84. The Morgan fingerprint density at radius 2 is 0.533 bits per heavy atom. The summed E-state index contributed by atoms with van der Waals surface area (Å²) in [5.41, 5.74) is 0. The molecule has 0 amide bonds. The summed E-state index contributed by atoms with van der Waals surface area (Å²) in [6, 6.07) is 0. The zero-order chi connectivity index (χ0) is 13.4. The first kappa shape index (κ1) is 24.7. The molecule has 0 aromatic carbocycles. The van der Waals surface area contributed by atoms with Gasteiger partial charge in [0.25, 0.3) is 0 Å². The predicted octanol–water partition coefficient (Wildman–Crippen LogP) is 1.55. The Morgan fingerprint density at radius 3 is 0.533 bits per heavy atom. The minimum absolute atomic E-state index is 0.139. The zero-order valence-corrected chi connectivity index (χ0v) is 15.8. The van der Waals surface area contributed by atoms with Crippen molar-refractivity contribution in [2.75, 3.05) is 0 Å². The van der Waals surface area contributed by atoms with Crippen LogP contribution >= 0.6 is 0 Å². The van der Waals surface area contributed by atoms with Crippen LogP contribution in [0.1, 0.15) is 0 Å². The Kier molecular flexibility index (Phi) is 39.7. The maximum atomic E-state index is 7.12. The summed E-state index contributed by atoms with van der Waals surface area (Å²) in [7, 11) is -1.17. The van der Waals surface area contributed by atoms with Crippen molar-refractivity contribution in [2.24, 2.45) is 0 Å². The fraction of sp³-hybridized carbons (Fsp3) is 1.00. The molecule has 0 saturated heterocycles. The van der Waals surface area contributed by atoms with Crippen molar-refractivity contribution < 1.29 is 10.0 Å². The molecule has 0 unspecified atom stereocenters. The molecule has 6 heteroatoms. The average molecular weight is 268 g/mol. The van der Waals surface area contributed by atoms with Gasteiger partial charge in [-0.2, -0.15) is 0 Å². The fourth-order valence-corrected chi connectivity index (χ4v) is 0. The van der Waals surface area contributed by atoms with Crippen LogP contribution in [0.25, 0.3) is 0 Å². The summed E-state index contributed by atoms with van der Waals surface area (Å²) in [6.07, 6.45) is 0. The Balaban J connectivity index is -0.0000000542. The first-order valence-electron chi connectivity index (χ1n) is 5.83. The van der Waals surface area contributed by atoms with E-state index >= 15 is 0 Å². The van der Waals surface area contributed by atoms with Crippen LogP contribution in [0.5, 0.6) is 0 Å². The lowest BCUT2D eigenvalue weighted by atomic mass is 10.5. The molecular formula is C9H33BO2Si3. The van der Waals surface area contributed by atoms with E-state index < -0.39 is 7.69 Å². The van der Waals surface area contributed by atoms with Crippen molar-refractivity contribution in [3.05, 3.63) is 0 Å². The van der Waals surface area contributed by atoms with Crippen LogP contribution in [-0.2, 0) is 0 Å². The van der Waals surface area contributed by atoms with E-state index in [4.69, 9.17) is 10.0 Å². The molecular weight excluding hydrogens is 235 g/mol. The Hall–Kier alpha value is 0.636. The first-order chi connectivity index (χ1) is 6.61. The molecule has 0 saturated carbocycles. The number of hydrogen-bond donors (Lipinski definition) is 2. The molecule has 0 fully saturated rings. The molecule has 96 valence electrons. The molecule has 2 N–H and O–H groups in total. The second-order valence-electron chi connectivity index (χ2n) is 5.34.